The minimum absolute atomic E-state index is 0.250. The van der Waals surface area contributed by atoms with Gasteiger partial charge < -0.3 is 26.4 Å². The Morgan fingerprint density at radius 1 is 0.846 bits per heavy atom. The number of hydrogen-bond acceptors (Lipinski definition) is 5. The van der Waals surface area contributed by atoms with Crippen LogP contribution in [0.4, 0.5) is 0 Å². The highest BCUT2D eigenvalue weighted by Crippen LogP contribution is 1.62. The highest BCUT2D eigenvalue weighted by Gasteiger charge is 1.91. The number of aliphatic hydroxyl groups excluding tert-OH is 1. The lowest BCUT2D eigenvalue weighted by Crippen LogP contribution is -2.11. The molecule has 0 radical (unpaired) electrons. The normalized spacial score (nSPS) is 19.8. The summed E-state index contributed by atoms with van der Waals surface area (Å²) in [5, 5.41) is 20.0. The van der Waals surface area contributed by atoms with E-state index in [1.165, 1.54) is 0 Å². The van der Waals surface area contributed by atoms with Crippen molar-refractivity contribution in [2.24, 2.45) is 0 Å². The van der Waals surface area contributed by atoms with Crippen LogP contribution in [0.15, 0.2) is 0 Å². The van der Waals surface area contributed by atoms with E-state index in [2.05, 4.69) is 21.3 Å². The molecule has 80 valence electrons. The Balaban J connectivity index is 0.000000174. The number of aliphatic hydroxyl groups is 1. The fourth-order valence-corrected chi connectivity index (χ4v) is 0.884. The number of rotatable bonds is 0. The van der Waals surface area contributed by atoms with Gasteiger partial charge in [-0.3, -0.25) is 0 Å². The van der Waals surface area contributed by atoms with Crippen LogP contribution in [0.1, 0.15) is 6.92 Å². The van der Waals surface area contributed by atoms with Crippen molar-refractivity contribution in [1.29, 1.82) is 0 Å². The van der Waals surface area contributed by atoms with Crippen LogP contribution in [0.25, 0.3) is 0 Å². The highest BCUT2D eigenvalue weighted by molar-refractivity contribution is 4.55. The minimum Gasteiger partial charge on any atom is -0.397 e. The molecule has 5 heteroatoms. The first-order valence-electron chi connectivity index (χ1n) is 4.85. The molecule has 0 aromatic rings. The van der Waals surface area contributed by atoms with Crippen LogP contribution in [-0.4, -0.2) is 51.2 Å². The lowest BCUT2D eigenvalue weighted by Gasteiger charge is -1.77. The third-order valence-electron chi connectivity index (χ3n) is 1.46. The first-order chi connectivity index (χ1) is 6.41. The molecule has 13 heavy (non-hydrogen) atoms. The topological polar surface area (TPSA) is 68.3 Å². The van der Waals surface area contributed by atoms with Crippen LogP contribution < -0.4 is 21.3 Å². The van der Waals surface area contributed by atoms with E-state index in [-0.39, 0.29) is 6.61 Å². The molecular formula is C8H22N4O. The average molecular weight is 190 g/mol. The summed E-state index contributed by atoms with van der Waals surface area (Å²) in [6.45, 7) is 8.49. The van der Waals surface area contributed by atoms with Gasteiger partial charge >= 0.3 is 0 Å². The quantitative estimate of drug-likeness (QED) is 0.314. The lowest BCUT2D eigenvalue weighted by molar-refractivity contribution is 0.318. The van der Waals surface area contributed by atoms with Crippen LogP contribution >= 0.6 is 0 Å². The molecule has 0 aromatic heterocycles. The largest absolute Gasteiger partial charge is 0.397 e. The fourth-order valence-electron chi connectivity index (χ4n) is 0.884. The highest BCUT2D eigenvalue weighted by atomic mass is 16.2. The predicted octanol–water partition coefficient (Wildman–Crippen LogP) is -1.73. The van der Waals surface area contributed by atoms with E-state index in [1.807, 2.05) is 0 Å². The zero-order valence-electron chi connectivity index (χ0n) is 8.40. The van der Waals surface area contributed by atoms with Crippen molar-refractivity contribution in [2.45, 2.75) is 6.92 Å². The van der Waals surface area contributed by atoms with Crippen LogP contribution in [0.2, 0.25) is 0 Å². The fraction of sp³-hybridized carbons (Fsp3) is 1.00. The lowest BCUT2D eigenvalue weighted by atomic mass is 10.7. The molecule has 2 saturated heterocycles. The summed E-state index contributed by atoms with van der Waals surface area (Å²) in [4.78, 5) is 0. The minimum atomic E-state index is 0.250. The van der Waals surface area contributed by atoms with Crippen molar-refractivity contribution in [2.75, 3.05) is 46.1 Å². The van der Waals surface area contributed by atoms with Gasteiger partial charge in [0.15, 0.2) is 0 Å². The third kappa shape index (κ3) is 11.8. The smallest absolute Gasteiger partial charge is 0.0455 e. The van der Waals surface area contributed by atoms with E-state index in [0.717, 1.165) is 39.5 Å². The van der Waals surface area contributed by atoms with Crippen molar-refractivity contribution in [3.63, 3.8) is 0 Å². The Hall–Kier alpha value is -0.200. The third-order valence-corrected chi connectivity index (χ3v) is 1.46. The van der Waals surface area contributed by atoms with Crippen LogP contribution in [0.3, 0.4) is 0 Å². The molecule has 2 aliphatic heterocycles. The molecule has 0 bridgehead atoms. The van der Waals surface area contributed by atoms with Gasteiger partial charge in [0, 0.05) is 46.1 Å². The molecule has 0 aliphatic carbocycles. The Kier molecular flexibility index (Phi) is 11.6. The van der Waals surface area contributed by atoms with E-state index in [1.54, 1.807) is 6.92 Å². The first-order valence-corrected chi connectivity index (χ1v) is 4.85. The standard InChI is InChI=1S/2C3H8N2.C2H6O/c2*1-2-5-3-4-1;1-2-3/h2*4-5H,1-3H2;3H,2H2,1H3. The summed E-state index contributed by atoms with van der Waals surface area (Å²) in [5.74, 6) is 0. The van der Waals surface area contributed by atoms with Gasteiger partial charge in [-0.05, 0) is 6.92 Å². The molecule has 0 spiro atoms. The second kappa shape index (κ2) is 11.8. The summed E-state index contributed by atoms with van der Waals surface area (Å²) in [7, 11) is 0. The van der Waals surface area contributed by atoms with Crippen LogP contribution in [0.5, 0.6) is 0 Å². The van der Waals surface area contributed by atoms with Crippen molar-refractivity contribution >= 4 is 0 Å². The molecule has 5 N–H and O–H groups in total. The maximum absolute atomic E-state index is 7.57. The molecule has 0 amide bonds. The van der Waals surface area contributed by atoms with Crippen molar-refractivity contribution in [1.82, 2.24) is 21.3 Å². The van der Waals surface area contributed by atoms with E-state index in [0.29, 0.717) is 0 Å². The zero-order valence-corrected chi connectivity index (χ0v) is 8.40. The SMILES string of the molecule is C1CNCN1.C1CNCN1.CCO. The Bertz CT molecular complexity index is 59.0. The molecule has 2 aliphatic rings. The Labute approximate surface area is 80.3 Å². The maximum Gasteiger partial charge on any atom is 0.0455 e. The Morgan fingerprint density at radius 3 is 1.15 bits per heavy atom. The predicted molar refractivity (Wildman–Crippen MR) is 54.5 cm³/mol. The molecule has 0 saturated carbocycles. The van der Waals surface area contributed by atoms with Gasteiger partial charge in [0.05, 0.1) is 0 Å². The average Bonchev–Trinajstić information content (AvgIpc) is 2.85. The second-order valence-corrected chi connectivity index (χ2v) is 2.67. The molecule has 5 nitrogen and oxygen atoms in total. The van der Waals surface area contributed by atoms with E-state index in [4.69, 9.17) is 5.11 Å². The van der Waals surface area contributed by atoms with E-state index < -0.39 is 0 Å². The number of nitrogens with one attached hydrogen (secondary N) is 4. The molecule has 0 atom stereocenters. The monoisotopic (exact) mass is 190 g/mol. The molecule has 2 heterocycles. The maximum atomic E-state index is 7.57. The molecule has 2 fully saturated rings. The molecular weight excluding hydrogens is 168 g/mol. The number of hydrogen-bond donors (Lipinski definition) is 5. The molecule has 0 unspecified atom stereocenters. The summed E-state index contributed by atoms with van der Waals surface area (Å²) < 4.78 is 0. The van der Waals surface area contributed by atoms with Crippen molar-refractivity contribution in [3.8, 4) is 0 Å². The summed E-state index contributed by atoms with van der Waals surface area (Å²) >= 11 is 0. The van der Waals surface area contributed by atoms with E-state index >= 15 is 0 Å². The van der Waals surface area contributed by atoms with Gasteiger partial charge in [-0.15, -0.1) is 0 Å². The van der Waals surface area contributed by atoms with Gasteiger partial charge in [0.2, 0.25) is 0 Å². The van der Waals surface area contributed by atoms with Crippen LogP contribution in [-0.2, 0) is 0 Å². The van der Waals surface area contributed by atoms with Crippen molar-refractivity contribution < 1.29 is 5.11 Å². The Morgan fingerprint density at radius 2 is 1.08 bits per heavy atom. The van der Waals surface area contributed by atoms with Gasteiger partial charge in [0.1, 0.15) is 0 Å². The van der Waals surface area contributed by atoms with Crippen molar-refractivity contribution in [3.05, 3.63) is 0 Å². The molecule has 2 rings (SSSR count). The second-order valence-electron chi connectivity index (χ2n) is 2.67. The molecule has 0 aromatic carbocycles. The van der Waals surface area contributed by atoms with Gasteiger partial charge in [0.25, 0.3) is 0 Å². The first kappa shape index (κ1) is 12.8. The summed E-state index contributed by atoms with van der Waals surface area (Å²) in [6.07, 6.45) is 0. The zero-order chi connectivity index (χ0) is 9.78. The van der Waals surface area contributed by atoms with E-state index in [9.17, 15) is 0 Å². The van der Waals surface area contributed by atoms with Gasteiger partial charge in [-0.2, -0.15) is 0 Å². The van der Waals surface area contributed by atoms with Crippen LogP contribution in [0, 0.1) is 0 Å². The van der Waals surface area contributed by atoms with Gasteiger partial charge in [-0.1, -0.05) is 0 Å². The summed E-state index contributed by atoms with van der Waals surface area (Å²) in [5.41, 5.74) is 0. The van der Waals surface area contributed by atoms with Gasteiger partial charge in [-0.25, -0.2) is 0 Å². The summed E-state index contributed by atoms with van der Waals surface area (Å²) in [6, 6.07) is 0.